The maximum Gasteiger partial charge on any atom is 0.324 e. The molecule has 0 unspecified atom stereocenters. The lowest BCUT2D eigenvalue weighted by atomic mass is 10.3. The smallest absolute Gasteiger partial charge is 0.324 e. The highest BCUT2D eigenvalue weighted by molar-refractivity contribution is 6.73. The fraction of sp³-hybridized carbons (Fsp3) is 0.889. The topological polar surface area (TPSA) is 29.5 Å². The quantitative estimate of drug-likeness (QED) is 0.507. The van der Waals surface area contributed by atoms with Gasteiger partial charge in [-0.3, -0.25) is 4.79 Å². The number of carbonyl (C=O) groups is 1. The first kappa shape index (κ1) is 12.6. The van der Waals surface area contributed by atoms with Crippen molar-refractivity contribution in [3.63, 3.8) is 0 Å². The van der Waals surface area contributed by atoms with Gasteiger partial charge in [-0.05, 0) is 6.42 Å². The van der Waals surface area contributed by atoms with E-state index in [4.69, 9.17) is 4.84 Å². The van der Waals surface area contributed by atoms with Crippen LogP contribution in [0, 0.1) is 0 Å². The maximum absolute atomic E-state index is 11.2. The zero-order chi connectivity index (χ0) is 10.5. The van der Waals surface area contributed by atoms with Crippen molar-refractivity contribution in [3.05, 3.63) is 0 Å². The van der Waals surface area contributed by atoms with Gasteiger partial charge in [0.05, 0.1) is 0 Å². The van der Waals surface area contributed by atoms with Gasteiger partial charge in [-0.15, -0.1) is 0 Å². The van der Waals surface area contributed by atoms with E-state index in [2.05, 4.69) is 26.6 Å². The molecule has 0 fully saturated rings. The molecule has 0 aliphatic rings. The molecule has 0 saturated carbocycles. The monoisotopic (exact) mass is 203 g/mol. The fourth-order valence-corrected chi connectivity index (χ4v) is 1.03. The summed E-state index contributed by atoms with van der Waals surface area (Å²) in [5, 5.41) is 0. The van der Waals surface area contributed by atoms with Gasteiger partial charge in [0, 0.05) is 13.5 Å². The van der Waals surface area contributed by atoms with Gasteiger partial charge < -0.3 is 4.84 Å². The van der Waals surface area contributed by atoms with E-state index in [0.717, 1.165) is 12.8 Å². The lowest BCUT2D eigenvalue weighted by Crippen LogP contribution is -2.44. The third kappa shape index (κ3) is 5.82. The van der Waals surface area contributed by atoms with Crippen molar-refractivity contribution in [1.29, 1.82) is 0 Å². The highest BCUT2D eigenvalue weighted by atomic mass is 28.3. The van der Waals surface area contributed by atoms with Crippen molar-refractivity contribution in [1.82, 2.24) is 4.73 Å². The minimum Gasteiger partial charge on any atom is -0.376 e. The van der Waals surface area contributed by atoms with Crippen molar-refractivity contribution in [2.45, 2.75) is 45.8 Å². The van der Waals surface area contributed by atoms with Crippen LogP contribution in [-0.2, 0) is 9.63 Å². The molecule has 0 aliphatic carbocycles. The fourth-order valence-electron chi connectivity index (χ4n) is 0.656. The molecule has 0 heterocycles. The molecule has 4 heteroatoms. The SMILES string of the molecule is CCCCC(=O)ON(C)[Si](C)(C)C. The van der Waals surface area contributed by atoms with Crippen molar-refractivity contribution in [3.8, 4) is 0 Å². The van der Waals surface area contributed by atoms with Crippen LogP contribution in [0.4, 0.5) is 0 Å². The van der Waals surface area contributed by atoms with E-state index in [1.54, 1.807) is 4.73 Å². The molecule has 0 radical (unpaired) electrons. The largest absolute Gasteiger partial charge is 0.376 e. The van der Waals surface area contributed by atoms with E-state index in [1.165, 1.54) is 0 Å². The van der Waals surface area contributed by atoms with Gasteiger partial charge in [-0.1, -0.05) is 33.0 Å². The van der Waals surface area contributed by atoms with Gasteiger partial charge in [0.1, 0.15) is 0 Å². The first-order chi connectivity index (χ1) is 5.88. The normalized spacial score (nSPS) is 11.8. The summed E-state index contributed by atoms with van der Waals surface area (Å²) in [7, 11) is 0.371. The molecule has 0 aromatic rings. The molecule has 0 spiro atoms. The van der Waals surface area contributed by atoms with Crippen LogP contribution in [0.3, 0.4) is 0 Å². The summed E-state index contributed by atoms with van der Waals surface area (Å²) >= 11 is 0. The Morgan fingerprint density at radius 2 is 1.92 bits per heavy atom. The average molecular weight is 203 g/mol. The molecular formula is C9H21NO2Si. The minimum absolute atomic E-state index is 0.105. The van der Waals surface area contributed by atoms with E-state index >= 15 is 0 Å². The van der Waals surface area contributed by atoms with Crippen LogP contribution in [0.1, 0.15) is 26.2 Å². The number of hydrogen-bond acceptors (Lipinski definition) is 3. The summed E-state index contributed by atoms with van der Waals surface area (Å²) < 4.78 is 1.74. The Balaban J connectivity index is 3.79. The molecule has 78 valence electrons. The number of unbranched alkanes of at least 4 members (excludes halogenated alkanes) is 1. The van der Waals surface area contributed by atoms with Crippen LogP contribution in [0.5, 0.6) is 0 Å². The number of carbonyl (C=O) groups excluding carboxylic acids is 1. The number of nitrogens with zero attached hydrogens (tertiary/aromatic N) is 1. The summed E-state index contributed by atoms with van der Waals surface area (Å²) in [4.78, 5) is 16.4. The zero-order valence-electron chi connectivity index (χ0n) is 9.39. The Morgan fingerprint density at radius 1 is 1.38 bits per heavy atom. The molecule has 0 saturated heterocycles. The van der Waals surface area contributed by atoms with Crippen LogP contribution in [-0.4, -0.2) is 26.0 Å². The summed E-state index contributed by atoms with van der Waals surface area (Å²) in [6.45, 7) is 8.48. The molecule has 0 amide bonds. The van der Waals surface area contributed by atoms with Crippen molar-refractivity contribution < 1.29 is 9.63 Å². The van der Waals surface area contributed by atoms with Crippen LogP contribution in [0.15, 0.2) is 0 Å². The second-order valence-corrected chi connectivity index (χ2v) is 9.21. The third-order valence-corrected chi connectivity index (χ3v) is 3.90. The second-order valence-electron chi connectivity index (χ2n) is 4.24. The zero-order valence-corrected chi connectivity index (χ0v) is 10.4. The molecule has 0 rings (SSSR count). The molecule has 0 atom stereocenters. The highest BCUT2D eigenvalue weighted by Crippen LogP contribution is 2.08. The van der Waals surface area contributed by atoms with Gasteiger partial charge in [-0.25, -0.2) is 0 Å². The van der Waals surface area contributed by atoms with Crippen LogP contribution >= 0.6 is 0 Å². The van der Waals surface area contributed by atoms with E-state index < -0.39 is 8.24 Å². The number of hydroxylamine groups is 1. The molecule has 0 bridgehead atoms. The lowest BCUT2D eigenvalue weighted by Gasteiger charge is -2.27. The maximum atomic E-state index is 11.2. The molecule has 0 aliphatic heterocycles. The molecule has 0 aromatic carbocycles. The van der Waals surface area contributed by atoms with Gasteiger partial charge >= 0.3 is 5.97 Å². The Bertz CT molecular complexity index is 165. The van der Waals surface area contributed by atoms with Crippen LogP contribution in [0.2, 0.25) is 19.6 Å². The summed E-state index contributed by atoms with van der Waals surface area (Å²) in [6.07, 6.45) is 2.48. The first-order valence-corrected chi connectivity index (χ1v) is 8.27. The van der Waals surface area contributed by atoms with E-state index in [1.807, 2.05) is 7.05 Å². The number of hydrogen-bond donors (Lipinski definition) is 0. The lowest BCUT2D eigenvalue weighted by molar-refractivity contribution is -0.168. The molecular weight excluding hydrogens is 182 g/mol. The second kappa shape index (κ2) is 5.39. The van der Waals surface area contributed by atoms with Gasteiger partial charge in [-0.2, -0.15) is 4.73 Å². The summed E-state index contributed by atoms with van der Waals surface area (Å²) in [5.41, 5.74) is 0. The Morgan fingerprint density at radius 3 is 2.31 bits per heavy atom. The van der Waals surface area contributed by atoms with E-state index in [0.29, 0.717) is 6.42 Å². The standard InChI is InChI=1S/C9H21NO2Si/c1-6-7-8-9(11)12-10(2)13(3,4)5/h6-8H2,1-5H3. The average Bonchev–Trinajstić information content (AvgIpc) is 1.99. The molecule has 0 N–H and O–H groups in total. The van der Waals surface area contributed by atoms with E-state index in [-0.39, 0.29) is 5.97 Å². The van der Waals surface area contributed by atoms with E-state index in [9.17, 15) is 4.79 Å². The third-order valence-electron chi connectivity index (χ3n) is 1.92. The van der Waals surface area contributed by atoms with Crippen molar-refractivity contribution in [2.24, 2.45) is 0 Å². The Hall–Kier alpha value is -0.353. The van der Waals surface area contributed by atoms with Gasteiger partial charge in [0.15, 0.2) is 8.24 Å². The minimum atomic E-state index is -1.47. The van der Waals surface area contributed by atoms with Gasteiger partial charge in [0.25, 0.3) is 0 Å². The highest BCUT2D eigenvalue weighted by Gasteiger charge is 2.23. The van der Waals surface area contributed by atoms with Crippen molar-refractivity contribution >= 4 is 14.2 Å². The molecule has 3 nitrogen and oxygen atoms in total. The molecule has 13 heavy (non-hydrogen) atoms. The Kier molecular flexibility index (Phi) is 5.25. The van der Waals surface area contributed by atoms with Crippen LogP contribution < -0.4 is 0 Å². The predicted molar refractivity (Wildman–Crippen MR) is 56.7 cm³/mol. The van der Waals surface area contributed by atoms with Gasteiger partial charge in [0.2, 0.25) is 0 Å². The first-order valence-electron chi connectivity index (χ1n) is 4.82. The number of rotatable bonds is 5. The van der Waals surface area contributed by atoms with Crippen molar-refractivity contribution in [2.75, 3.05) is 7.05 Å². The Labute approximate surface area is 82.1 Å². The molecule has 0 aromatic heterocycles. The summed E-state index contributed by atoms with van der Waals surface area (Å²) in [5.74, 6) is -0.105. The summed E-state index contributed by atoms with van der Waals surface area (Å²) in [6, 6.07) is 0. The predicted octanol–water partition coefficient (Wildman–Crippen LogP) is 2.40. The van der Waals surface area contributed by atoms with Crippen LogP contribution in [0.25, 0.3) is 0 Å².